The third-order valence-electron chi connectivity index (χ3n) is 3.85. The number of hydrogen-bond acceptors (Lipinski definition) is 2. The van der Waals surface area contributed by atoms with Crippen molar-refractivity contribution in [2.24, 2.45) is 17.1 Å². The second kappa shape index (κ2) is 4.52. The zero-order valence-electron chi connectivity index (χ0n) is 10.4. The highest BCUT2D eigenvalue weighted by Gasteiger charge is 2.38. The topological polar surface area (TPSA) is 46.3 Å². The molecule has 1 aliphatic heterocycles. The molecule has 0 spiro atoms. The number of rotatable bonds is 3. The van der Waals surface area contributed by atoms with Crippen molar-refractivity contribution in [1.82, 2.24) is 4.90 Å². The number of amides is 1. The fourth-order valence-corrected chi connectivity index (χ4v) is 2.16. The quantitative estimate of drug-likeness (QED) is 0.772. The van der Waals surface area contributed by atoms with Gasteiger partial charge in [-0.1, -0.05) is 27.7 Å². The third-order valence-corrected chi connectivity index (χ3v) is 3.85. The van der Waals surface area contributed by atoms with Gasteiger partial charge in [0.15, 0.2) is 0 Å². The molecule has 0 aliphatic carbocycles. The van der Waals surface area contributed by atoms with E-state index in [4.69, 9.17) is 5.73 Å². The highest BCUT2D eigenvalue weighted by atomic mass is 16.2. The third kappa shape index (κ3) is 2.33. The molecule has 1 rings (SSSR count). The standard InChI is InChI=1S/C12H24N2O/c1-5-12(3,4)11(15)14-7-6-9(2)10(14)8-13/h9-10H,5-8,13H2,1-4H3. The van der Waals surface area contributed by atoms with Gasteiger partial charge in [-0.3, -0.25) is 4.79 Å². The van der Waals surface area contributed by atoms with Crippen LogP contribution in [0.15, 0.2) is 0 Å². The minimum Gasteiger partial charge on any atom is -0.338 e. The lowest BCUT2D eigenvalue weighted by atomic mass is 9.88. The van der Waals surface area contributed by atoms with Crippen molar-refractivity contribution in [3.05, 3.63) is 0 Å². The molecular weight excluding hydrogens is 188 g/mol. The van der Waals surface area contributed by atoms with Gasteiger partial charge in [0.2, 0.25) is 5.91 Å². The molecule has 2 atom stereocenters. The van der Waals surface area contributed by atoms with Crippen molar-refractivity contribution in [2.75, 3.05) is 13.1 Å². The van der Waals surface area contributed by atoms with Crippen LogP contribution in [0.5, 0.6) is 0 Å². The molecule has 1 heterocycles. The summed E-state index contributed by atoms with van der Waals surface area (Å²) in [6, 6.07) is 0.253. The largest absolute Gasteiger partial charge is 0.338 e. The smallest absolute Gasteiger partial charge is 0.228 e. The zero-order valence-corrected chi connectivity index (χ0v) is 10.4. The summed E-state index contributed by atoms with van der Waals surface area (Å²) in [6.07, 6.45) is 1.97. The summed E-state index contributed by atoms with van der Waals surface area (Å²) >= 11 is 0. The number of nitrogens with two attached hydrogens (primary N) is 1. The first-order valence-corrected chi connectivity index (χ1v) is 5.95. The summed E-state index contributed by atoms with van der Waals surface area (Å²) in [5.41, 5.74) is 5.50. The van der Waals surface area contributed by atoms with E-state index < -0.39 is 0 Å². The van der Waals surface area contributed by atoms with E-state index in [1.54, 1.807) is 0 Å². The predicted octanol–water partition coefficient (Wildman–Crippen LogP) is 1.62. The molecule has 15 heavy (non-hydrogen) atoms. The Hall–Kier alpha value is -0.570. The van der Waals surface area contributed by atoms with Crippen LogP contribution in [-0.4, -0.2) is 29.9 Å². The van der Waals surface area contributed by atoms with Crippen LogP contribution in [0.3, 0.4) is 0 Å². The average Bonchev–Trinajstić information content (AvgIpc) is 2.58. The van der Waals surface area contributed by atoms with Crippen molar-refractivity contribution in [3.8, 4) is 0 Å². The molecule has 2 N–H and O–H groups in total. The predicted molar refractivity (Wildman–Crippen MR) is 62.4 cm³/mol. The molecule has 2 unspecified atom stereocenters. The number of carbonyl (C=O) groups excluding carboxylic acids is 1. The van der Waals surface area contributed by atoms with Gasteiger partial charge in [-0.15, -0.1) is 0 Å². The normalized spacial score (nSPS) is 27.1. The first-order valence-electron chi connectivity index (χ1n) is 5.95. The summed E-state index contributed by atoms with van der Waals surface area (Å²) in [5.74, 6) is 0.816. The molecular formula is C12H24N2O. The van der Waals surface area contributed by atoms with Gasteiger partial charge in [0.05, 0.1) is 0 Å². The van der Waals surface area contributed by atoms with Crippen molar-refractivity contribution in [3.63, 3.8) is 0 Å². The van der Waals surface area contributed by atoms with Crippen LogP contribution < -0.4 is 5.73 Å². The number of carbonyl (C=O) groups is 1. The van der Waals surface area contributed by atoms with Crippen LogP contribution in [0.25, 0.3) is 0 Å². The van der Waals surface area contributed by atoms with Crippen molar-refractivity contribution in [1.29, 1.82) is 0 Å². The maximum Gasteiger partial charge on any atom is 0.228 e. The molecule has 1 amide bonds. The van der Waals surface area contributed by atoms with Gasteiger partial charge < -0.3 is 10.6 Å². The van der Waals surface area contributed by atoms with Crippen molar-refractivity contribution in [2.45, 2.75) is 46.6 Å². The summed E-state index contributed by atoms with van der Waals surface area (Å²) in [5, 5.41) is 0. The molecule has 0 bridgehead atoms. The van der Waals surface area contributed by atoms with Crippen LogP contribution in [-0.2, 0) is 4.79 Å². The second-order valence-electron chi connectivity index (χ2n) is 5.30. The Bertz CT molecular complexity index is 238. The van der Waals surface area contributed by atoms with Gasteiger partial charge >= 0.3 is 0 Å². The minimum absolute atomic E-state index is 0.239. The van der Waals surface area contributed by atoms with Gasteiger partial charge in [0.25, 0.3) is 0 Å². The Morgan fingerprint density at radius 2 is 2.13 bits per heavy atom. The summed E-state index contributed by atoms with van der Waals surface area (Å²) in [6.45, 7) is 9.76. The van der Waals surface area contributed by atoms with Crippen molar-refractivity contribution >= 4 is 5.91 Å². The SMILES string of the molecule is CCC(C)(C)C(=O)N1CCC(C)C1CN. The zero-order chi connectivity index (χ0) is 11.6. The molecule has 1 fully saturated rings. The Balaban J connectivity index is 2.76. The molecule has 1 aliphatic rings. The Labute approximate surface area is 93.0 Å². The lowest BCUT2D eigenvalue weighted by Crippen LogP contribution is -2.47. The first-order chi connectivity index (χ1) is 6.94. The van der Waals surface area contributed by atoms with Crippen LogP contribution in [0.1, 0.15) is 40.5 Å². The summed E-state index contributed by atoms with van der Waals surface area (Å²) < 4.78 is 0. The van der Waals surface area contributed by atoms with E-state index >= 15 is 0 Å². The molecule has 3 heteroatoms. The molecule has 0 saturated carbocycles. The number of likely N-dealkylation sites (tertiary alicyclic amines) is 1. The van der Waals surface area contributed by atoms with E-state index in [2.05, 4.69) is 13.8 Å². The monoisotopic (exact) mass is 212 g/mol. The lowest BCUT2D eigenvalue weighted by Gasteiger charge is -2.33. The Morgan fingerprint density at radius 3 is 2.60 bits per heavy atom. The second-order valence-corrected chi connectivity index (χ2v) is 5.30. The molecule has 3 nitrogen and oxygen atoms in total. The van der Waals surface area contributed by atoms with Gasteiger partial charge in [-0.2, -0.15) is 0 Å². The lowest BCUT2D eigenvalue weighted by molar-refractivity contribution is -0.141. The maximum atomic E-state index is 12.3. The van der Waals surface area contributed by atoms with Crippen molar-refractivity contribution < 1.29 is 4.79 Å². The highest BCUT2D eigenvalue weighted by Crippen LogP contribution is 2.30. The van der Waals surface area contributed by atoms with Crippen LogP contribution in [0.4, 0.5) is 0 Å². The highest BCUT2D eigenvalue weighted by molar-refractivity contribution is 5.82. The molecule has 0 aromatic carbocycles. The van der Waals surface area contributed by atoms with E-state index in [0.29, 0.717) is 12.5 Å². The molecule has 0 aromatic rings. The van der Waals surface area contributed by atoms with Gasteiger partial charge in [0.1, 0.15) is 0 Å². The number of hydrogen-bond donors (Lipinski definition) is 1. The van der Waals surface area contributed by atoms with Gasteiger partial charge in [-0.25, -0.2) is 0 Å². The molecule has 1 saturated heterocycles. The first kappa shape index (κ1) is 12.5. The fourth-order valence-electron chi connectivity index (χ4n) is 2.16. The Morgan fingerprint density at radius 1 is 1.53 bits per heavy atom. The molecule has 0 aromatic heterocycles. The minimum atomic E-state index is -0.239. The van der Waals surface area contributed by atoms with Gasteiger partial charge in [-0.05, 0) is 18.8 Å². The van der Waals surface area contributed by atoms with E-state index in [-0.39, 0.29) is 17.4 Å². The van der Waals surface area contributed by atoms with Crippen LogP contribution in [0.2, 0.25) is 0 Å². The maximum absolute atomic E-state index is 12.3. The average molecular weight is 212 g/mol. The van der Waals surface area contributed by atoms with E-state index in [1.807, 2.05) is 18.7 Å². The fraction of sp³-hybridized carbons (Fsp3) is 0.917. The van der Waals surface area contributed by atoms with Crippen LogP contribution >= 0.6 is 0 Å². The number of nitrogens with zero attached hydrogens (tertiary/aromatic N) is 1. The molecule has 88 valence electrons. The van der Waals surface area contributed by atoms with Gasteiger partial charge in [0, 0.05) is 24.5 Å². The summed E-state index contributed by atoms with van der Waals surface area (Å²) in [4.78, 5) is 14.3. The molecule has 0 radical (unpaired) electrons. The van der Waals surface area contributed by atoms with Crippen LogP contribution in [0, 0.1) is 11.3 Å². The summed E-state index contributed by atoms with van der Waals surface area (Å²) in [7, 11) is 0. The Kier molecular flexibility index (Phi) is 3.77. The van der Waals surface area contributed by atoms with E-state index in [1.165, 1.54) is 0 Å². The van der Waals surface area contributed by atoms with E-state index in [9.17, 15) is 4.79 Å². The van der Waals surface area contributed by atoms with E-state index in [0.717, 1.165) is 19.4 Å².